The third-order valence-corrected chi connectivity index (χ3v) is 12.3. The number of fused-ring (bicyclic) bond motifs is 12. The Morgan fingerprint density at radius 1 is 0.361 bits per heavy atom. The average molecular weight is 779 g/mol. The van der Waals surface area contributed by atoms with Crippen molar-refractivity contribution in [1.29, 1.82) is 0 Å². The molecule has 0 bridgehead atoms. The van der Waals surface area contributed by atoms with Gasteiger partial charge in [-0.1, -0.05) is 140 Å². The predicted molar refractivity (Wildman–Crippen MR) is 252 cm³/mol. The van der Waals surface area contributed by atoms with Gasteiger partial charge < -0.3 is 13.6 Å². The zero-order chi connectivity index (χ0) is 40.0. The molecule has 284 valence electrons. The monoisotopic (exact) mass is 778 g/mol. The van der Waals surface area contributed by atoms with Gasteiger partial charge in [-0.2, -0.15) is 0 Å². The molecule has 13 aromatic rings. The summed E-state index contributed by atoms with van der Waals surface area (Å²) in [7, 11) is 0. The molecule has 4 heterocycles. The van der Waals surface area contributed by atoms with Crippen LogP contribution >= 0.6 is 0 Å². The molecule has 0 radical (unpaired) electrons. The van der Waals surface area contributed by atoms with E-state index >= 15 is 0 Å². The molecule has 0 spiro atoms. The van der Waals surface area contributed by atoms with Gasteiger partial charge in [-0.3, -0.25) is 0 Å². The lowest BCUT2D eigenvalue weighted by atomic mass is 10.1. The maximum atomic E-state index is 6.79. The first-order chi connectivity index (χ1) is 30.3. The Morgan fingerprint density at radius 3 is 1.84 bits per heavy atom. The first-order valence-corrected chi connectivity index (χ1v) is 20.7. The van der Waals surface area contributed by atoms with Gasteiger partial charge in [-0.15, -0.1) is 0 Å². The fourth-order valence-electron chi connectivity index (χ4n) is 9.59. The van der Waals surface area contributed by atoms with Crippen LogP contribution in [0, 0.1) is 0 Å². The molecule has 0 saturated carbocycles. The predicted octanol–water partition coefficient (Wildman–Crippen LogP) is 14.7. The molecule has 0 unspecified atom stereocenters. The molecule has 0 fully saturated rings. The second-order valence-electron chi connectivity index (χ2n) is 15.7. The molecule has 0 saturated heterocycles. The van der Waals surface area contributed by atoms with Crippen molar-refractivity contribution in [2.45, 2.75) is 0 Å². The van der Waals surface area contributed by atoms with Crippen LogP contribution in [0.5, 0.6) is 0 Å². The van der Waals surface area contributed by atoms with Crippen molar-refractivity contribution in [1.82, 2.24) is 19.1 Å². The first-order valence-electron chi connectivity index (χ1n) is 20.7. The average Bonchev–Trinajstić information content (AvgIpc) is 4.00. The molecule has 61 heavy (non-hydrogen) atoms. The molecule has 0 aliphatic heterocycles. The van der Waals surface area contributed by atoms with Crippen LogP contribution in [0.1, 0.15) is 0 Å². The van der Waals surface area contributed by atoms with Crippen molar-refractivity contribution in [3.05, 3.63) is 206 Å². The van der Waals surface area contributed by atoms with Gasteiger partial charge in [0.15, 0.2) is 5.82 Å². The summed E-state index contributed by atoms with van der Waals surface area (Å²) in [4.78, 5) is 10.3. The number of hydrogen-bond acceptors (Lipinski definition) is 3. The summed E-state index contributed by atoms with van der Waals surface area (Å²) in [5, 5.41) is 7.88. The summed E-state index contributed by atoms with van der Waals surface area (Å²) in [6.07, 6.45) is 0. The van der Waals surface area contributed by atoms with Gasteiger partial charge in [0.25, 0.3) is 0 Å². The van der Waals surface area contributed by atoms with Crippen LogP contribution in [0.3, 0.4) is 0 Å². The summed E-state index contributed by atoms with van der Waals surface area (Å²) in [6.45, 7) is 0. The lowest BCUT2D eigenvalue weighted by Gasteiger charge is -2.14. The number of rotatable bonds is 5. The number of furan rings is 1. The minimum atomic E-state index is 0.696. The Labute approximate surface area is 350 Å². The second-order valence-corrected chi connectivity index (χ2v) is 15.7. The van der Waals surface area contributed by atoms with Crippen LogP contribution in [0.4, 0.5) is 0 Å². The number of hydrogen-bond donors (Lipinski definition) is 0. The number of nitrogens with zero attached hydrogens (tertiary/aromatic N) is 4. The van der Waals surface area contributed by atoms with E-state index in [4.69, 9.17) is 14.4 Å². The van der Waals surface area contributed by atoms with E-state index in [1.165, 1.54) is 16.3 Å². The van der Waals surface area contributed by atoms with Crippen LogP contribution in [0.15, 0.2) is 211 Å². The highest BCUT2D eigenvalue weighted by molar-refractivity contribution is 6.29. The minimum absolute atomic E-state index is 0.696. The fourth-order valence-corrected chi connectivity index (χ4v) is 9.59. The maximum Gasteiger partial charge on any atom is 0.160 e. The Balaban J connectivity index is 1.10. The van der Waals surface area contributed by atoms with Crippen molar-refractivity contribution >= 4 is 76.5 Å². The number of benzene rings is 9. The summed E-state index contributed by atoms with van der Waals surface area (Å²) in [6, 6.07) is 73.1. The summed E-state index contributed by atoms with van der Waals surface area (Å²) in [5.74, 6) is 0.696. The molecular formula is C56H34N4O. The van der Waals surface area contributed by atoms with Gasteiger partial charge in [-0.05, 0) is 77.9 Å². The summed E-state index contributed by atoms with van der Waals surface area (Å²) in [5.41, 5.74) is 14.6. The van der Waals surface area contributed by atoms with Crippen molar-refractivity contribution in [3.8, 4) is 45.1 Å². The topological polar surface area (TPSA) is 48.8 Å². The van der Waals surface area contributed by atoms with Crippen LogP contribution in [0.25, 0.3) is 122 Å². The van der Waals surface area contributed by atoms with Crippen molar-refractivity contribution in [3.63, 3.8) is 0 Å². The molecule has 4 aromatic heterocycles. The molecule has 5 nitrogen and oxygen atoms in total. The van der Waals surface area contributed by atoms with Gasteiger partial charge in [-0.25, -0.2) is 9.97 Å². The largest absolute Gasteiger partial charge is 0.455 e. The van der Waals surface area contributed by atoms with E-state index in [2.05, 4.69) is 191 Å². The van der Waals surface area contributed by atoms with Gasteiger partial charge in [0.2, 0.25) is 0 Å². The summed E-state index contributed by atoms with van der Waals surface area (Å²) >= 11 is 0. The maximum absolute atomic E-state index is 6.79. The molecular weight excluding hydrogens is 745 g/mol. The van der Waals surface area contributed by atoms with E-state index in [0.717, 1.165) is 99.4 Å². The Hall–Kier alpha value is -8.28. The van der Waals surface area contributed by atoms with Crippen molar-refractivity contribution < 1.29 is 4.42 Å². The van der Waals surface area contributed by atoms with Gasteiger partial charge in [0, 0.05) is 54.8 Å². The zero-order valence-electron chi connectivity index (χ0n) is 32.8. The number of aromatic nitrogens is 4. The van der Waals surface area contributed by atoms with Crippen LogP contribution in [-0.4, -0.2) is 19.1 Å². The standard InChI is InChI=1S/C56H34N4O/c1-3-14-35(15-4-1)38-18-13-19-40(34-38)60-49-33-32-44-42-21-9-12-25-50(42)61-55(44)51(49)46-31-30-43-41-20-8-11-24-48(41)59(53(43)54(46)60)39-28-26-37(27-29-39)56-57-47-23-10-7-22-45(47)52(58-56)36-16-5-2-6-17-36/h1-34H. The molecule has 0 amide bonds. The summed E-state index contributed by atoms with van der Waals surface area (Å²) < 4.78 is 11.7. The fraction of sp³-hybridized carbons (Fsp3) is 0. The smallest absolute Gasteiger partial charge is 0.160 e. The molecule has 9 aromatic carbocycles. The van der Waals surface area contributed by atoms with Gasteiger partial charge in [0.05, 0.1) is 38.7 Å². The SMILES string of the molecule is c1ccc(-c2cccc(-n3c4ccc5c6ccccc6oc5c4c4ccc5c6ccccc6n(-c6ccc(-c7nc(-c8ccccc8)c8ccccc8n7)cc6)c5c43)c2)cc1. The van der Waals surface area contributed by atoms with Crippen LogP contribution < -0.4 is 0 Å². The highest BCUT2D eigenvalue weighted by Crippen LogP contribution is 2.45. The number of para-hydroxylation sites is 3. The van der Waals surface area contributed by atoms with E-state index in [0.29, 0.717) is 5.82 Å². The van der Waals surface area contributed by atoms with Crippen LogP contribution in [-0.2, 0) is 0 Å². The molecule has 0 aliphatic carbocycles. The zero-order valence-corrected chi connectivity index (χ0v) is 32.8. The van der Waals surface area contributed by atoms with E-state index < -0.39 is 0 Å². The Morgan fingerprint density at radius 2 is 1.00 bits per heavy atom. The molecule has 13 rings (SSSR count). The third kappa shape index (κ3) is 5.08. The van der Waals surface area contributed by atoms with E-state index in [1.54, 1.807) is 0 Å². The molecule has 5 heteroatoms. The lowest BCUT2D eigenvalue weighted by molar-refractivity contribution is 0.673. The third-order valence-electron chi connectivity index (χ3n) is 12.3. The van der Waals surface area contributed by atoms with E-state index in [-0.39, 0.29) is 0 Å². The first kappa shape index (κ1) is 33.7. The lowest BCUT2D eigenvalue weighted by Crippen LogP contribution is -1.99. The molecule has 0 atom stereocenters. The highest BCUT2D eigenvalue weighted by Gasteiger charge is 2.24. The van der Waals surface area contributed by atoms with Gasteiger partial charge >= 0.3 is 0 Å². The quantitative estimate of drug-likeness (QED) is 0.175. The highest BCUT2D eigenvalue weighted by atomic mass is 16.3. The molecule has 0 aliphatic rings. The Bertz CT molecular complexity index is 3860. The van der Waals surface area contributed by atoms with Crippen molar-refractivity contribution in [2.24, 2.45) is 0 Å². The van der Waals surface area contributed by atoms with Crippen molar-refractivity contribution in [2.75, 3.05) is 0 Å². The Kier molecular flexibility index (Phi) is 7.24. The van der Waals surface area contributed by atoms with Crippen LogP contribution in [0.2, 0.25) is 0 Å². The van der Waals surface area contributed by atoms with E-state index in [9.17, 15) is 0 Å². The second kappa shape index (κ2) is 13.1. The normalized spacial score (nSPS) is 11.9. The minimum Gasteiger partial charge on any atom is -0.455 e. The molecule has 0 N–H and O–H groups in total. The van der Waals surface area contributed by atoms with Gasteiger partial charge in [0.1, 0.15) is 11.2 Å². The van der Waals surface area contributed by atoms with E-state index in [1.807, 2.05) is 24.3 Å².